The lowest BCUT2D eigenvalue weighted by atomic mass is 10.2. The van der Waals surface area contributed by atoms with Gasteiger partial charge in [0, 0.05) is 37.5 Å². The summed E-state index contributed by atoms with van der Waals surface area (Å²) in [5, 5.41) is 9.77. The van der Waals surface area contributed by atoms with Crippen molar-refractivity contribution >= 4 is 11.8 Å². The number of nitrogens with one attached hydrogen (secondary N) is 2. The van der Waals surface area contributed by atoms with Crippen molar-refractivity contribution in [1.82, 2.24) is 20.4 Å². The Kier molecular flexibility index (Phi) is 4.82. The maximum Gasteiger partial charge on any atom is 0.272 e. The Morgan fingerprint density at radius 2 is 2.19 bits per heavy atom. The van der Waals surface area contributed by atoms with Crippen LogP contribution in [0.5, 0.6) is 5.88 Å². The predicted molar refractivity (Wildman–Crippen MR) is 77.3 cm³/mol. The van der Waals surface area contributed by atoms with Crippen LogP contribution in [0.1, 0.15) is 42.7 Å². The molecular formula is C14H22N4O3. The quantitative estimate of drug-likeness (QED) is 0.833. The molecule has 2 heterocycles. The van der Waals surface area contributed by atoms with Gasteiger partial charge in [-0.05, 0) is 20.8 Å². The van der Waals surface area contributed by atoms with Gasteiger partial charge < -0.3 is 15.4 Å². The van der Waals surface area contributed by atoms with Gasteiger partial charge in [0.15, 0.2) is 5.69 Å². The molecular weight excluding hydrogens is 272 g/mol. The molecule has 1 aliphatic heterocycles. The number of nitrogens with zero attached hydrogens (tertiary/aromatic N) is 2. The summed E-state index contributed by atoms with van der Waals surface area (Å²) in [6.45, 7) is 7.33. The van der Waals surface area contributed by atoms with E-state index in [1.165, 1.54) is 0 Å². The number of rotatable bonds is 5. The molecule has 0 bridgehead atoms. The second-order valence-electron chi connectivity index (χ2n) is 5.43. The first kappa shape index (κ1) is 15.3. The van der Waals surface area contributed by atoms with Crippen molar-refractivity contribution in [2.45, 2.75) is 46.2 Å². The van der Waals surface area contributed by atoms with Gasteiger partial charge in [-0.3, -0.25) is 9.59 Å². The third-order valence-electron chi connectivity index (χ3n) is 3.19. The molecule has 0 saturated heterocycles. The van der Waals surface area contributed by atoms with Gasteiger partial charge in [0.1, 0.15) is 0 Å². The molecule has 21 heavy (non-hydrogen) atoms. The van der Waals surface area contributed by atoms with E-state index < -0.39 is 0 Å². The molecule has 0 aliphatic carbocycles. The number of aryl methyl sites for hydroxylation is 1. The molecule has 1 aliphatic rings. The Balaban J connectivity index is 1.89. The number of hydrogen-bond acceptors (Lipinski definition) is 4. The third kappa shape index (κ3) is 3.74. The van der Waals surface area contributed by atoms with Crippen LogP contribution in [0.15, 0.2) is 0 Å². The monoisotopic (exact) mass is 294 g/mol. The van der Waals surface area contributed by atoms with E-state index >= 15 is 0 Å². The highest BCUT2D eigenvalue weighted by Gasteiger charge is 2.23. The minimum absolute atomic E-state index is 0.0745. The fraction of sp³-hybridized carbons (Fsp3) is 0.643. The third-order valence-corrected chi connectivity index (χ3v) is 3.19. The van der Waals surface area contributed by atoms with Crippen LogP contribution in [0.4, 0.5) is 0 Å². The Hall–Kier alpha value is -2.05. The Morgan fingerprint density at radius 3 is 2.86 bits per heavy atom. The van der Waals surface area contributed by atoms with E-state index in [2.05, 4.69) is 15.7 Å². The molecule has 2 rings (SSSR count). The van der Waals surface area contributed by atoms with Crippen molar-refractivity contribution in [3.8, 4) is 5.88 Å². The normalized spacial score (nSPS) is 13.5. The van der Waals surface area contributed by atoms with Gasteiger partial charge in [-0.25, -0.2) is 4.68 Å². The highest BCUT2D eigenvalue weighted by molar-refractivity contribution is 5.94. The number of amides is 2. The summed E-state index contributed by atoms with van der Waals surface area (Å²) < 4.78 is 7.25. The maximum atomic E-state index is 12.1. The van der Waals surface area contributed by atoms with E-state index in [0.29, 0.717) is 24.7 Å². The van der Waals surface area contributed by atoms with E-state index in [4.69, 9.17) is 4.74 Å². The van der Waals surface area contributed by atoms with Crippen LogP contribution in [-0.2, 0) is 11.3 Å². The van der Waals surface area contributed by atoms with Crippen molar-refractivity contribution in [2.75, 3.05) is 13.2 Å². The minimum atomic E-state index is -0.268. The lowest BCUT2D eigenvalue weighted by Gasteiger charge is -2.14. The average Bonchev–Trinajstić information content (AvgIpc) is 2.76. The molecule has 2 amide bonds. The van der Waals surface area contributed by atoms with E-state index in [0.717, 1.165) is 18.5 Å². The average molecular weight is 294 g/mol. The molecule has 2 N–H and O–H groups in total. The van der Waals surface area contributed by atoms with Crippen LogP contribution >= 0.6 is 0 Å². The van der Waals surface area contributed by atoms with Crippen LogP contribution in [0.3, 0.4) is 0 Å². The Bertz CT molecular complexity index is 537. The number of ether oxygens (including phenoxy) is 1. The number of hydrogen-bond donors (Lipinski definition) is 2. The number of carbonyl (C=O) groups excluding carboxylic acids is 2. The zero-order valence-corrected chi connectivity index (χ0v) is 12.7. The fourth-order valence-electron chi connectivity index (χ4n) is 2.24. The smallest absolute Gasteiger partial charge is 0.272 e. The van der Waals surface area contributed by atoms with Gasteiger partial charge >= 0.3 is 0 Å². The number of aromatic nitrogens is 2. The Labute approximate surface area is 124 Å². The predicted octanol–water partition coefficient (Wildman–Crippen LogP) is 0.619. The van der Waals surface area contributed by atoms with Crippen LogP contribution in [0, 0.1) is 6.92 Å². The standard InChI is InChI=1S/C14H22N4O3/c1-9(2)16-11(19)5-6-15-13(20)12-10(3)14-18(17-12)7-4-8-21-14/h9H,4-8H2,1-3H3,(H,15,20)(H,16,19). The first-order chi connectivity index (χ1) is 9.99. The van der Waals surface area contributed by atoms with Gasteiger partial charge in [0.2, 0.25) is 11.8 Å². The summed E-state index contributed by atoms with van der Waals surface area (Å²) in [4.78, 5) is 23.6. The van der Waals surface area contributed by atoms with Gasteiger partial charge in [-0.2, -0.15) is 5.10 Å². The van der Waals surface area contributed by atoms with Crippen molar-refractivity contribution in [3.63, 3.8) is 0 Å². The lowest BCUT2D eigenvalue weighted by molar-refractivity contribution is -0.121. The zero-order chi connectivity index (χ0) is 15.4. The lowest BCUT2D eigenvalue weighted by Crippen LogP contribution is -2.34. The van der Waals surface area contributed by atoms with Crippen LogP contribution in [0.25, 0.3) is 0 Å². The summed E-state index contributed by atoms with van der Waals surface area (Å²) in [5.41, 5.74) is 1.12. The summed E-state index contributed by atoms with van der Waals surface area (Å²) in [5.74, 6) is 0.328. The fourth-order valence-corrected chi connectivity index (χ4v) is 2.24. The van der Waals surface area contributed by atoms with Crippen LogP contribution in [0.2, 0.25) is 0 Å². The molecule has 7 heteroatoms. The number of carbonyl (C=O) groups is 2. The van der Waals surface area contributed by atoms with Gasteiger partial charge in [-0.15, -0.1) is 0 Å². The van der Waals surface area contributed by atoms with Crippen molar-refractivity contribution < 1.29 is 14.3 Å². The molecule has 0 radical (unpaired) electrons. The maximum absolute atomic E-state index is 12.1. The highest BCUT2D eigenvalue weighted by atomic mass is 16.5. The molecule has 116 valence electrons. The molecule has 0 spiro atoms. The van der Waals surface area contributed by atoms with E-state index in [9.17, 15) is 9.59 Å². The van der Waals surface area contributed by atoms with Crippen molar-refractivity contribution in [2.24, 2.45) is 0 Å². The molecule has 0 saturated carbocycles. The first-order valence-corrected chi connectivity index (χ1v) is 7.26. The van der Waals surface area contributed by atoms with Crippen LogP contribution < -0.4 is 15.4 Å². The van der Waals surface area contributed by atoms with Crippen molar-refractivity contribution in [1.29, 1.82) is 0 Å². The summed E-state index contributed by atoms with van der Waals surface area (Å²) in [7, 11) is 0. The van der Waals surface area contributed by atoms with Crippen LogP contribution in [-0.4, -0.2) is 40.8 Å². The summed E-state index contributed by atoms with van der Waals surface area (Å²) in [6.07, 6.45) is 1.15. The van der Waals surface area contributed by atoms with Gasteiger partial charge in [0.25, 0.3) is 5.91 Å². The zero-order valence-electron chi connectivity index (χ0n) is 12.7. The van der Waals surface area contributed by atoms with Crippen molar-refractivity contribution in [3.05, 3.63) is 11.3 Å². The SMILES string of the molecule is Cc1c(C(=O)NCCC(=O)NC(C)C)nn2c1OCCC2. The van der Waals surface area contributed by atoms with E-state index in [1.807, 2.05) is 20.8 Å². The molecule has 1 aromatic heterocycles. The molecule has 0 fully saturated rings. The van der Waals surface area contributed by atoms with E-state index in [-0.39, 0.29) is 24.3 Å². The minimum Gasteiger partial charge on any atom is -0.478 e. The molecule has 0 atom stereocenters. The Morgan fingerprint density at radius 1 is 1.43 bits per heavy atom. The summed E-state index contributed by atoms with van der Waals surface area (Å²) >= 11 is 0. The van der Waals surface area contributed by atoms with Gasteiger partial charge in [0.05, 0.1) is 6.61 Å². The van der Waals surface area contributed by atoms with Gasteiger partial charge in [-0.1, -0.05) is 0 Å². The van der Waals surface area contributed by atoms with E-state index in [1.54, 1.807) is 4.68 Å². The largest absolute Gasteiger partial charge is 0.478 e. The highest BCUT2D eigenvalue weighted by Crippen LogP contribution is 2.24. The summed E-state index contributed by atoms with van der Waals surface area (Å²) in [6, 6.07) is 0.104. The second kappa shape index (κ2) is 6.60. The molecule has 7 nitrogen and oxygen atoms in total. The first-order valence-electron chi connectivity index (χ1n) is 7.26. The number of fused-ring (bicyclic) bond motifs is 1. The molecule has 0 aromatic carbocycles. The molecule has 0 unspecified atom stereocenters. The topological polar surface area (TPSA) is 85.3 Å². The molecule has 1 aromatic rings. The second-order valence-corrected chi connectivity index (χ2v) is 5.43.